The summed E-state index contributed by atoms with van der Waals surface area (Å²) >= 11 is 0. The van der Waals surface area contributed by atoms with Crippen molar-refractivity contribution in [1.82, 2.24) is 0 Å². The first-order valence-corrected chi connectivity index (χ1v) is 8.25. The summed E-state index contributed by atoms with van der Waals surface area (Å²) in [4.78, 5) is 0. The molecular formula is C14H23O4P. The Hall–Kier alpha value is -0.670. The molecule has 1 atom stereocenters. The third-order valence-electron chi connectivity index (χ3n) is 2.59. The summed E-state index contributed by atoms with van der Waals surface area (Å²) in [5.41, 5.74) is 1.96. The highest BCUT2D eigenvalue weighted by Crippen LogP contribution is 2.61. The molecule has 0 saturated carbocycles. The van der Waals surface area contributed by atoms with Crippen LogP contribution in [0.25, 0.3) is 0 Å². The Morgan fingerprint density at radius 2 is 1.53 bits per heavy atom. The van der Waals surface area contributed by atoms with Gasteiger partial charge in [-0.25, -0.2) is 0 Å². The highest BCUT2D eigenvalue weighted by Gasteiger charge is 2.37. The van der Waals surface area contributed by atoms with Crippen LogP contribution in [-0.4, -0.2) is 19.8 Å². The summed E-state index contributed by atoms with van der Waals surface area (Å²) in [6, 6.07) is 7.73. The van der Waals surface area contributed by atoms with Crippen LogP contribution in [0.1, 0.15) is 37.7 Å². The van der Waals surface area contributed by atoms with Crippen molar-refractivity contribution in [2.24, 2.45) is 0 Å². The molecule has 0 spiro atoms. The zero-order valence-electron chi connectivity index (χ0n) is 12.1. The summed E-state index contributed by atoms with van der Waals surface area (Å²) < 4.78 is 29.2. The molecule has 19 heavy (non-hydrogen) atoms. The van der Waals surface area contributed by atoms with E-state index in [4.69, 9.17) is 13.8 Å². The van der Waals surface area contributed by atoms with Crippen molar-refractivity contribution in [2.45, 2.75) is 33.5 Å². The van der Waals surface area contributed by atoms with Crippen LogP contribution in [0.4, 0.5) is 0 Å². The van der Waals surface area contributed by atoms with Gasteiger partial charge in [0.15, 0.2) is 5.85 Å². The minimum absolute atomic E-state index is 0.326. The lowest BCUT2D eigenvalue weighted by atomic mass is 10.2. The van der Waals surface area contributed by atoms with Gasteiger partial charge in [-0.1, -0.05) is 29.8 Å². The Morgan fingerprint density at radius 3 is 1.95 bits per heavy atom. The molecule has 1 aromatic rings. The predicted octanol–water partition coefficient (Wildman–Crippen LogP) is 4.30. The zero-order chi connectivity index (χ0) is 14.3. The standard InChI is InChI=1S/C14H23O4P/c1-5-16-14(13-10-8-12(4)9-11-13)19(15,17-6-2)18-7-3/h8-11,14H,5-7H2,1-4H3/t14-/m0/s1. The van der Waals surface area contributed by atoms with Gasteiger partial charge in [0, 0.05) is 6.61 Å². The number of aryl methyl sites for hydroxylation is 1. The molecule has 0 aliphatic heterocycles. The number of ether oxygens (including phenoxy) is 1. The molecule has 0 saturated heterocycles. The molecule has 4 nitrogen and oxygen atoms in total. The van der Waals surface area contributed by atoms with Crippen LogP contribution in [0.2, 0.25) is 0 Å². The molecule has 0 aromatic heterocycles. The molecular weight excluding hydrogens is 263 g/mol. The Bertz CT molecular complexity index is 406. The van der Waals surface area contributed by atoms with Gasteiger partial charge in [-0.3, -0.25) is 4.57 Å². The van der Waals surface area contributed by atoms with E-state index in [9.17, 15) is 4.57 Å². The predicted molar refractivity (Wildman–Crippen MR) is 76.4 cm³/mol. The molecule has 0 radical (unpaired) electrons. The molecule has 5 heteroatoms. The monoisotopic (exact) mass is 286 g/mol. The molecule has 0 aliphatic rings. The van der Waals surface area contributed by atoms with E-state index >= 15 is 0 Å². The van der Waals surface area contributed by atoms with Gasteiger partial charge in [-0.15, -0.1) is 0 Å². The van der Waals surface area contributed by atoms with E-state index in [1.807, 2.05) is 38.1 Å². The fourth-order valence-electron chi connectivity index (χ4n) is 1.79. The molecule has 0 amide bonds. The molecule has 0 heterocycles. The lowest BCUT2D eigenvalue weighted by molar-refractivity contribution is 0.0782. The van der Waals surface area contributed by atoms with E-state index in [0.29, 0.717) is 19.8 Å². The van der Waals surface area contributed by atoms with Crippen LogP contribution >= 0.6 is 7.60 Å². The van der Waals surface area contributed by atoms with E-state index in [-0.39, 0.29) is 0 Å². The molecule has 1 rings (SSSR count). The number of rotatable bonds is 8. The molecule has 0 N–H and O–H groups in total. The largest absolute Gasteiger partial charge is 0.363 e. The topological polar surface area (TPSA) is 44.8 Å². The second-order valence-electron chi connectivity index (χ2n) is 4.09. The van der Waals surface area contributed by atoms with Gasteiger partial charge in [0.2, 0.25) is 0 Å². The first-order valence-electron chi connectivity index (χ1n) is 6.64. The van der Waals surface area contributed by atoms with Gasteiger partial charge in [0.1, 0.15) is 0 Å². The lowest BCUT2D eigenvalue weighted by Gasteiger charge is -2.26. The lowest BCUT2D eigenvalue weighted by Crippen LogP contribution is -2.10. The van der Waals surface area contributed by atoms with Gasteiger partial charge in [0.25, 0.3) is 0 Å². The van der Waals surface area contributed by atoms with Crippen LogP contribution < -0.4 is 0 Å². The Kier molecular flexibility index (Phi) is 6.73. The van der Waals surface area contributed by atoms with Gasteiger partial charge in [-0.2, -0.15) is 0 Å². The normalized spacial score (nSPS) is 13.5. The fraction of sp³-hybridized carbons (Fsp3) is 0.571. The van der Waals surface area contributed by atoms with Crippen molar-refractivity contribution >= 4 is 7.60 Å². The van der Waals surface area contributed by atoms with E-state index < -0.39 is 13.4 Å². The van der Waals surface area contributed by atoms with Gasteiger partial charge in [0.05, 0.1) is 13.2 Å². The summed E-state index contributed by atoms with van der Waals surface area (Å²) in [6.07, 6.45) is 0. The maximum absolute atomic E-state index is 12.8. The zero-order valence-corrected chi connectivity index (χ0v) is 13.0. The van der Waals surface area contributed by atoms with E-state index in [2.05, 4.69) is 0 Å². The molecule has 0 fully saturated rings. The highest BCUT2D eigenvalue weighted by atomic mass is 31.2. The third-order valence-corrected chi connectivity index (χ3v) is 4.85. The maximum Gasteiger partial charge on any atom is 0.363 e. The summed E-state index contributed by atoms with van der Waals surface area (Å²) in [5.74, 6) is -0.669. The highest BCUT2D eigenvalue weighted by molar-refractivity contribution is 7.54. The smallest absolute Gasteiger partial charge is 0.361 e. The van der Waals surface area contributed by atoms with Crippen molar-refractivity contribution in [3.05, 3.63) is 35.4 Å². The first-order chi connectivity index (χ1) is 9.07. The summed E-state index contributed by atoms with van der Waals surface area (Å²) in [6.45, 7) is 8.56. The van der Waals surface area contributed by atoms with Gasteiger partial charge in [-0.05, 0) is 33.3 Å². The van der Waals surface area contributed by atoms with E-state index in [0.717, 1.165) is 11.1 Å². The SMILES string of the molecule is CCO[C@H](c1ccc(C)cc1)P(=O)(OCC)OCC. The maximum atomic E-state index is 12.8. The molecule has 0 bridgehead atoms. The number of hydrogen-bond donors (Lipinski definition) is 0. The number of hydrogen-bond acceptors (Lipinski definition) is 4. The quantitative estimate of drug-likeness (QED) is 0.668. The van der Waals surface area contributed by atoms with Crippen molar-refractivity contribution < 1.29 is 18.3 Å². The summed E-state index contributed by atoms with van der Waals surface area (Å²) in [5, 5.41) is 0. The van der Waals surface area contributed by atoms with E-state index in [1.54, 1.807) is 13.8 Å². The Balaban J connectivity index is 3.09. The van der Waals surface area contributed by atoms with Crippen LogP contribution in [0.3, 0.4) is 0 Å². The van der Waals surface area contributed by atoms with Crippen LogP contribution in [0.5, 0.6) is 0 Å². The van der Waals surface area contributed by atoms with Crippen molar-refractivity contribution in [3.8, 4) is 0 Å². The first kappa shape index (κ1) is 16.4. The van der Waals surface area contributed by atoms with Crippen molar-refractivity contribution in [1.29, 1.82) is 0 Å². The third kappa shape index (κ3) is 4.43. The van der Waals surface area contributed by atoms with Gasteiger partial charge >= 0.3 is 7.60 Å². The Labute approximate surface area is 115 Å². The molecule has 0 aliphatic carbocycles. The second kappa shape index (κ2) is 7.81. The van der Waals surface area contributed by atoms with Gasteiger partial charge < -0.3 is 13.8 Å². The average molecular weight is 286 g/mol. The second-order valence-corrected chi connectivity index (χ2v) is 6.16. The fourth-order valence-corrected chi connectivity index (χ4v) is 3.73. The van der Waals surface area contributed by atoms with E-state index in [1.165, 1.54) is 0 Å². The minimum atomic E-state index is -3.31. The number of benzene rings is 1. The molecule has 0 unspecified atom stereocenters. The molecule has 108 valence electrons. The van der Waals surface area contributed by atoms with Crippen molar-refractivity contribution in [3.63, 3.8) is 0 Å². The minimum Gasteiger partial charge on any atom is -0.361 e. The van der Waals surface area contributed by atoms with Crippen LogP contribution in [0.15, 0.2) is 24.3 Å². The molecule has 1 aromatic carbocycles. The Morgan fingerprint density at radius 1 is 1.00 bits per heavy atom. The average Bonchev–Trinajstić information content (AvgIpc) is 2.38. The van der Waals surface area contributed by atoms with Crippen LogP contribution in [0, 0.1) is 6.92 Å². The van der Waals surface area contributed by atoms with Crippen LogP contribution in [-0.2, 0) is 18.3 Å². The van der Waals surface area contributed by atoms with Crippen molar-refractivity contribution in [2.75, 3.05) is 19.8 Å². The summed E-state index contributed by atoms with van der Waals surface area (Å²) in [7, 11) is -3.31.